The van der Waals surface area contributed by atoms with Crippen molar-refractivity contribution in [1.29, 1.82) is 0 Å². The maximum absolute atomic E-state index is 11.0. The molecule has 0 unspecified atom stereocenters. The summed E-state index contributed by atoms with van der Waals surface area (Å²) in [7, 11) is 0. The van der Waals surface area contributed by atoms with Crippen molar-refractivity contribution in [2.75, 3.05) is 0 Å². The van der Waals surface area contributed by atoms with Gasteiger partial charge in [-0.1, -0.05) is 0 Å². The smallest absolute Gasteiger partial charge is 0.182 e. The molecular weight excluding hydrogens is 156 g/mol. The molecule has 12 heavy (non-hydrogen) atoms. The van der Waals surface area contributed by atoms with Gasteiger partial charge < -0.3 is 0 Å². The first-order chi connectivity index (χ1) is 5.59. The molecule has 1 aliphatic carbocycles. The number of carbonyl (C=O) groups excluding carboxylic acids is 3. The fourth-order valence-corrected chi connectivity index (χ4v) is 0.962. The van der Waals surface area contributed by atoms with Crippen LogP contribution >= 0.6 is 0 Å². The van der Waals surface area contributed by atoms with Gasteiger partial charge in [0.05, 0.1) is 0 Å². The Kier molecular flexibility index (Phi) is 2.33. The minimum atomic E-state index is -0.246. The van der Waals surface area contributed by atoms with Crippen LogP contribution in [0.4, 0.5) is 0 Å². The van der Waals surface area contributed by atoms with Gasteiger partial charge in [0.1, 0.15) is 5.78 Å². The molecule has 0 fully saturated rings. The Hall–Kier alpha value is -1.51. The SMILES string of the molecule is CC(=O)CC1=CC(=O)C=CC1=O. The quantitative estimate of drug-likeness (QED) is 0.561. The van der Waals surface area contributed by atoms with Crippen LogP contribution in [0.3, 0.4) is 0 Å². The van der Waals surface area contributed by atoms with Gasteiger partial charge in [-0.3, -0.25) is 14.4 Å². The molecule has 0 atom stereocenters. The predicted octanol–water partition coefficient (Wildman–Crippen LogP) is 0.600. The van der Waals surface area contributed by atoms with Gasteiger partial charge >= 0.3 is 0 Å². The van der Waals surface area contributed by atoms with Crippen molar-refractivity contribution in [3.8, 4) is 0 Å². The second-order valence-electron chi connectivity index (χ2n) is 2.65. The highest BCUT2D eigenvalue weighted by Gasteiger charge is 2.13. The fraction of sp³-hybridized carbons (Fsp3) is 0.222. The molecule has 3 heteroatoms. The average molecular weight is 164 g/mol. The molecule has 0 aromatic rings. The summed E-state index contributed by atoms with van der Waals surface area (Å²) in [6.45, 7) is 1.39. The number of carbonyl (C=O) groups is 3. The van der Waals surface area contributed by atoms with E-state index in [1.807, 2.05) is 0 Å². The normalized spacial score (nSPS) is 16.2. The fourth-order valence-electron chi connectivity index (χ4n) is 0.962. The predicted molar refractivity (Wildman–Crippen MR) is 42.5 cm³/mol. The van der Waals surface area contributed by atoms with Crippen LogP contribution < -0.4 is 0 Å². The number of hydrogen-bond acceptors (Lipinski definition) is 3. The van der Waals surface area contributed by atoms with E-state index in [-0.39, 0.29) is 29.3 Å². The lowest BCUT2D eigenvalue weighted by atomic mass is 9.99. The van der Waals surface area contributed by atoms with Crippen molar-refractivity contribution in [3.05, 3.63) is 23.8 Å². The summed E-state index contributed by atoms with van der Waals surface area (Å²) in [5, 5.41) is 0. The van der Waals surface area contributed by atoms with Gasteiger partial charge in [-0.05, 0) is 25.2 Å². The van der Waals surface area contributed by atoms with Crippen molar-refractivity contribution in [2.45, 2.75) is 13.3 Å². The minimum Gasteiger partial charge on any atom is -0.300 e. The average Bonchev–Trinajstić information content (AvgIpc) is 1.96. The van der Waals surface area contributed by atoms with Gasteiger partial charge in [0.2, 0.25) is 0 Å². The van der Waals surface area contributed by atoms with E-state index in [2.05, 4.69) is 0 Å². The van der Waals surface area contributed by atoms with Crippen LogP contribution in [-0.2, 0) is 14.4 Å². The van der Waals surface area contributed by atoms with Crippen LogP contribution in [0.2, 0.25) is 0 Å². The molecule has 0 bridgehead atoms. The molecule has 3 nitrogen and oxygen atoms in total. The first kappa shape index (κ1) is 8.59. The number of ketones is 3. The van der Waals surface area contributed by atoms with Crippen LogP contribution in [0.15, 0.2) is 23.8 Å². The molecule has 1 aliphatic rings. The lowest BCUT2D eigenvalue weighted by Gasteiger charge is -2.02. The van der Waals surface area contributed by atoms with Crippen LogP contribution in [-0.4, -0.2) is 17.3 Å². The molecule has 0 amide bonds. The van der Waals surface area contributed by atoms with Crippen molar-refractivity contribution >= 4 is 17.3 Å². The third-order valence-electron chi connectivity index (χ3n) is 1.47. The van der Waals surface area contributed by atoms with E-state index in [0.29, 0.717) is 0 Å². The Balaban J connectivity index is 2.81. The summed E-state index contributed by atoms with van der Waals surface area (Å²) in [4.78, 5) is 32.4. The van der Waals surface area contributed by atoms with E-state index in [9.17, 15) is 14.4 Å². The van der Waals surface area contributed by atoms with Crippen LogP contribution in [0.25, 0.3) is 0 Å². The molecule has 0 N–H and O–H groups in total. The van der Waals surface area contributed by atoms with E-state index < -0.39 is 0 Å². The van der Waals surface area contributed by atoms with Crippen LogP contribution in [0.5, 0.6) is 0 Å². The van der Waals surface area contributed by atoms with Gasteiger partial charge in [0, 0.05) is 12.0 Å². The Bertz CT molecular complexity index is 308. The highest BCUT2D eigenvalue weighted by Crippen LogP contribution is 2.09. The first-order valence-corrected chi connectivity index (χ1v) is 3.56. The highest BCUT2D eigenvalue weighted by atomic mass is 16.1. The van der Waals surface area contributed by atoms with Gasteiger partial charge in [0.15, 0.2) is 11.6 Å². The topological polar surface area (TPSA) is 51.2 Å². The van der Waals surface area contributed by atoms with E-state index in [1.165, 1.54) is 25.2 Å². The Morgan fingerprint density at radius 2 is 2.00 bits per heavy atom. The van der Waals surface area contributed by atoms with E-state index in [1.54, 1.807) is 0 Å². The zero-order valence-electron chi connectivity index (χ0n) is 6.66. The van der Waals surface area contributed by atoms with Crippen molar-refractivity contribution in [1.82, 2.24) is 0 Å². The summed E-state index contributed by atoms with van der Waals surface area (Å²) < 4.78 is 0. The van der Waals surface area contributed by atoms with Crippen LogP contribution in [0.1, 0.15) is 13.3 Å². The largest absolute Gasteiger partial charge is 0.300 e. The standard InChI is InChI=1S/C9H8O3/c1-6(10)4-7-5-8(11)2-3-9(7)12/h2-3,5H,4H2,1H3. The summed E-state index contributed by atoms with van der Waals surface area (Å²) >= 11 is 0. The summed E-state index contributed by atoms with van der Waals surface area (Å²) in [5.41, 5.74) is 0.287. The Morgan fingerprint density at radius 1 is 1.33 bits per heavy atom. The second-order valence-corrected chi connectivity index (χ2v) is 2.65. The highest BCUT2D eigenvalue weighted by molar-refractivity contribution is 6.18. The monoisotopic (exact) mass is 164 g/mol. The molecule has 0 radical (unpaired) electrons. The van der Waals surface area contributed by atoms with Crippen molar-refractivity contribution in [3.63, 3.8) is 0 Å². The van der Waals surface area contributed by atoms with E-state index in [0.717, 1.165) is 0 Å². The lowest BCUT2D eigenvalue weighted by Crippen LogP contribution is -2.10. The zero-order valence-corrected chi connectivity index (χ0v) is 6.66. The van der Waals surface area contributed by atoms with Gasteiger partial charge in [-0.2, -0.15) is 0 Å². The molecule has 0 heterocycles. The van der Waals surface area contributed by atoms with Gasteiger partial charge in [-0.25, -0.2) is 0 Å². The number of hydrogen-bond donors (Lipinski definition) is 0. The number of Topliss-reactive ketones (excluding diaryl/α,β-unsaturated/α-hetero) is 1. The maximum Gasteiger partial charge on any atom is 0.182 e. The Labute approximate surface area is 69.8 Å². The molecular formula is C9H8O3. The Morgan fingerprint density at radius 3 is 2.58 bits per heavy atom. The molecule has 0 saturated heterocycles. The van der Waals surface area contributed by atoms with Crippen molar-refractivity contribution < 1.29 is 14.4 Å². The lowest BCUT2D eigenvalue weighted by molar-refractivity contribution is -0.118. The number of rotatable bonds is 2. The van der Waals surface area contributed by atoms with Crippen molar-refractivity contribution in [2.24, 2.45) is 0 Å². The van der Waals surface area contributed by atoms with Crippen LogP contribution in [0, 0.1) is 0 Å². The number of allylic oxidation sites excluding steroid dienone is 4. The third kappa shape index (κ3) is 1.99. The molecule has 0 saturated carbocycles. The molecule has 1 rings (SSSR count). The summed E-state index contributed by atoms with van der Waals surface area (Å²) in [6.07, 6.45) is 3.66. The minimum absolute atomic E-state index is 0.0505. The molecule has 0 aromatic heterocycles. The zero-order chi connectivity index (χ0) is 9.14. The second kappa shape index (κ2) is 3.26. The van der Waals surface area contributed by atoms with Gasteiger partial charge in [-0.15, -0.1) is 0 Å². The third-order valence-corrected chi connectivity index (χ3v) is 1.47. The summed E-state index contributed by atoms with van der Waals surface area (Å²) in [5.74, 6) is -0.589. The first-order valence-electron chi connectivity index (χ1n) is 3.56. The maximum atomic E-state index is 11.0. The molecule has 0 spiro atoms. The molecule has 62 valence electrons. The molecule has 0 aromatic carbocycles. The van der Waals surface area contributed by atoms with E-state index in [4.69, 9.17) is 0 Å². The summed E-state index contributed by atoms with van der Waals surface area (Å²) in [6, 6.07) is 0. The molecule has 0 aliphatic heterocycles. The van der Waals surface area contributed by atoms with Gasteiger partial charge in [0.25, 0.3) is 0 Å². The van der Waals surface area contributed by atoms with E-state index >= 15 is 0 Å².